The first-order chi connectivity index (χ1) is 12.9. The minimum atomic E-state index is -4.50. The number of piperazine rings is 1. The van der Waals surface area contributed by atoms with Gasteiger partial charge in [-0.25, -0.2) is 9.97 Å². The van der Waals surface area contributed by atoms with E-state index in [1.807, 2.05) is 37.3 Å². The van der Waals surface area contributed by atoms with E-state index in [1.54, 1.807) is 9.80 Å². The van der Waals surface area contributed by atoms with E-state index in [1.165, 1.54) is 0 Å². The molecule has 0 unspecified atom stereocenters. The number of amides is 1. The number of rotatable bonds is 4. The Morgan fingerprint density at radius 1 is 1.11 bits per heavy atom. The van der Waals surface area contributed by atoms with Crippen molar-refractivity contribution in [2.45, 2.75) is 25.4 Å². The third-order valence-electron chi connectivity index (χ3n) is 4.77. The Morgan fingerprint density at radius 2 is 1.78 bits per heavy atom. The van der Waals surface area contributed by atoms with E-state index in [9.17, 15) is 18.0 Å². The van der Waals surface area contributed by atoms with Crippen LogP contribution in [0.2, 0.25) is 0 Å². The summed E-state index contributed by atoms with van der Waals surface area (Å²) in [6.45, 7) is 3.75. The smallest absolute Gasteiger partial charge is 0.353 e. The van der Waals surface area contributed by atoms with Gasteiger partial charge in [0.1, 0.15) is 17.8 Å². The number of aromatic nitrogens is 2. The Hall–Kier alpha value is -2.64. The van der Waals surface area contributed by atoms with Crippen molar-refractivity contribution < 1.29 is 18.0 Å². The molecule has 1 aromatic heterocycles. The molecule has 144 valence electrons. The van der Waals surface area contributed by atoms with Gasteiger partial charge >= 0.3 is 6.18 Å². The van der Waals surface area contributed by atoms with E-state index >= 15 is 0 Å². The van der Waals surface area contributed by atoms with Gasteiger partial charge < -0.3 is 9.80 Å². The van der Waals surface area contributed by atoms with E-state index in [2.05, 4.69) is 9.97 Å². The molecule has 1 atom stereocenters. The van der Waals surface area contributed by atoms with Gasteiger partial charge in [-0.05, 0) is 12.0 Å². The fourth-order valence-electron chi connectivity index (χ4n) is 3.29. The zero-order valence-electron chi connectivity index (χ0n) is 15.0. The highest BCUT2D eigenvalue weighted by molar-refractivity contribution is 5.84. The lowest BCUT2D eigenvalue weighted by Gasteiger charge is -2.37. The summed E-state index contributed by atoms with van der Waals surface area (Å²) in [5, 5.41) is 0. The summed E-state index contributed by atoms with van der Waals surface area (Å²) in [4.78, 5) is 23.7. The topological polar surface area (TPSA) is 49.3 Å². The fraction of sp³-hybridized carbons (Fsp3) is 0.421. The van der Waals surface area contributed by atoms with Gasteiger partial charge in [-0.15, -0.1) is 0 Å². The van der Waals surface area contributed by atoms with E-state index in [4.69, 9.17) is 0 Å². The van der Waals surface area contributed by atoms with Gasteiger partial charge in [0, 0.05) is 32.2 Å². The third kappa shape index (κ3) is 4.37. The molecule has 1 amide bonds. The maximum absolute atomic E-state index is 12.9. The minimum Gasteiger partial charge on any atom is -0.353 e. The number of halogens is 3. The summed E-state index contributed by atoms with van der Waals surface area (Å²) in [5.74, 6) is 0.0928. The van der Waals surface area contributed by atoms with Crippen LogP contribution < -0.4 is 4.90 Å². The van der Waals surface area contributed by atoms with Gasteiger partial charge in [-0.2, -0.15) is 13.2 Å². The number of benzene rings is 1. The molecule has 3 rings (SSSR count). The molecule has 2 aromatic rings. The quantitative estimate of drug-likeness (QED) is 0.819. The maximum Gasteiger partial charge on any atom is 0.433 e. The zero-order valence-corrected chi connectivity index (χ0v) is 15.0. The van der Waals surface area contributed by atoms with Gasteiger partial charge in [0.05, 0.1) is 5.92 Å². The monoisotopic (exact) mass is 378 g/mol. The molecule has 0 spiro atoms. The highest BCUT2D eigenvalue weighted by atomic mass is 19.4. The lowest BCUT2D eigenvalue weighted by molar-refractivity contribution is -0.141. The summed E-state index contributed by atoms with van der Waals surface area (Å²) in [5.41, 5.74) is 0.0270. The van der Waals surface area contributed by atoms with Gasteiger partial charge in [-0.1, -0.05) is 37.3 Å². The summed E-state index contributed by atoms with van der Waals surface area (Å²) in [6, 6.07) is 10.6. The van der Waals surface area contributed by atoms with E-state index in [0.29, 0.717) is 32.6 Å². The second-order valence-corrected chi connectivity index (χ2v) is 6.44. The van der Waals surface area contributed by atoms with Gasteiger partial charge in [0.25, 0.3) is 0 Å². The zero-order chi connectivity index (χ0) is 19.4. The summed E-state index contributed by atoms with van der Waals surface area (Å²) in [7, 11) is 0. The van der Waals surface area contributed by atoms with Crippen LogP contribution in [-0.2, 0) is 11.0 Å². The Labute approximate surface area is 155 Å². The van der Waals surface area contributed by atoms with Crippen LogP contribution in [0, 0.1) is 0 Å². The first kappa shape index (κ1) is 19.1. The second-order valence-electron chi connectivity index (χ2n) is 6.44. The molecule has 1 fully saturated rings. The first-order valence-electron chi connectivity index (χ1n) is 8.88. The van der Waals surface area contributed by atoms with Crippen molar-refractivity contribution in [1.29, 1.82) is 0 Å². The Kier molecular flexibility index (Phi) is 5.62. The molecule has 2 heterocycles. The molecule has 0 saturated carbocycles. The summed E-state index contributed by atoms with van der Waals surface area (Å²) in [6.07, 6.45) is -2.87. The SMILES string of the molecule is CC[C@@H](C(=O)N1CCN(c2cc(C(F)(F)F)ncn2)CC1)c1ccccc1. The average Bonchev–Trinajstić information content (AvgIpc) is 2.69. The first-order valence-corrected chi connectivity index (χ1v) is 8.88. The molecule has 1 aliphatic heterocycles. The van der Waals surface area contributed by atoms with Gasteiger partial charge in [0.2, 0.25) is 5.91 Å². The molecule has 0 N–H and O–H groups in total. The molecule has 5 nitrogen and oxygen atoms in total. The van der Waals surface area contributed by atoms with Gasteiger partial charge in [-0.3, -0.25) is 4.79 Å². The van der Waals surface area contributed by atoms with Crippen LogP contribution in [0.5, 0.6) is 0 Å². The number of nitrogens with zero attached hydrogens (tertiary/aromatic N) is 4. The van der Waals surface area contributed by atoms with E-state index < -0.39 is 11.9 Å². The Bertz CT molecular complexity index is 774. The second kappa shape index (κ2) is 7.94. The molecule has 1 saturated heterocycles. The number of carbonyl (C=O) groups is 1. The van der Waals surface area contributed by atoms with Gasteiger partial charge in [0.15, 0.2) is 0 Å². The highest BCUT2D eigenvalue weighted by Crippen LogP contribution is 2.29. The molecule has 27 heavy (non-hydrogen) atoms. The Morgan fingerprint density at radius 3 is 2.37 bits per heavy atom. The molecular weight excluding hydrogens is 357 g/mol. The van der Waals surface area contributed by atoms with Crippen molar-refractivity contribution in [3.8, 4) is 0 Å². The largest absolute Gasteiger partial charge is 0.433 e. The minimum absolute atomic E-state index is 0.0574. The molecule has 0 aliphatic carbocycles. The van der Waals surface area contributed by atoms with E-state index in [0.717, 1.165) is 18.0 Å². The molecular formula is C19H21F3N4O. The van der Waals surface area contributed by atoms with Crippen molar-refractivity contribution in [3.63, 3.8) is 0 Å². The van der Waals surface area contributed by atoms with Crippen LogP contribution in [0.1, 0.15) is 30.5 Å². The average molecular weight is 378 g/mol. The van der Waals surface area contributed by atoms with Crippen LogP contribution in [-0.4, -0.2) is 47.0 Å². The van der Waals surface area contributed by atoms with Crippen LogP contribution >= 0.6 is 0 Å². The number of hydrogen-bond acceptors (Lipinski definition) is 4. The van der Waals surface area contributed by atoms with E-state index in [-0.39, 0.29) is 17.6 Å². The predicted molar refractivity (Wildman–Crippen MR) is 95.3 cm³/mol. The summed E-state index contributed by atoms with van der Waals surface area (Å²) >= 11 is 0. The van der Waals surface area contributed by atoms with Crippen LogP contribution in [0.15, 0.2) is 42.7 Å². The van der Waals surface area contributed by atoms with Crippen molar-refractivity contribution in [1.82, 2.24) is 14.9 Å². The number of alkyl halides is 3. The fourth-order valence-corrected chi connectivity index (χ4v) is 3.29. The predicted octanol–water partition coefficient (Wildman–Crippen LogP) is 3.34. The normalized spacial score (nSPS) is 16.3. The van der Waals surface area contributed by atoms with Crippen LogP contribution in [0.3, 0.4) is 0 Å². The molecule has 0 radical (unpaired) electrons. The Balaban J connectivity index is 1.66. The van der Waals surface area contributed by atoms with Crippen molar-refractivity contribution >= 4 is 11.7 Å². The lowest BCUT2D eigenvalue weighted by Crippen LogP contribution is -2.50. The molecule has 0 bridgehead atoms. The number of hydrogen-bond donors (Lipinski definition) is 0. The molecule has 1 aliphatic rings. The van der Waals surface area contributed by atoms with Crippen LogP contribution in [0.4, 0.5) is 19.0 Å². The molecule has 8 heteroatoms. The van der Waals surface area contributed by atoms with Crippen molar-refractivity contribution in [3.05, 3.63) is 54.0 Å². The molecule has 1 aromatic carbocycles. The van der Waals surface area contributed by atoms with Crippen LogP contribution in [0.25, 0.3) is 0 Å². The number of anilines is 1. The van der Waals surface area contributed by atoms with Crippen molar-refractivity contribution in [2.24, 2.45) is 0 Å². The summed E-state index contributed by atoms with van der Waals surface area (Å²) < 4.78 is 38.5. The van der Waals surface area contributed by atoms with Crippen molar-refractivity contribution in [2.75, 3.05) is 31.1 Å². The maximum atomic E-state index is 12.9. The number of carbonyl (C=O) groups excluding carboxylic acids is 1. The highest BCUT2D eigenvalue weighted by Gasteiger charge is 2.34. The lowest BCUT2D eigenvalue weighted by atomic mass is 9.95. The standard InChI is InChI=1S/C19H21F3N4O/c1-2-15(14-6-4-3-5-7-14)18(27)26-10-8-25(9-11-26)17-12-16(19(20,21)22)23-13-24-17/h3-7,12-13,15H,2,8-11H2,1H3/t15-/m1/s1. The third-order valence-corrected chi connectivity index (χ3v) is 4.77.